The Morgan fingerprint density at radius 1 is 1.14 bits per heavy atom. The minimum Gasteiger partial charge on any atom is -0.357 e. The van der Waals surface area contributed by atoms with Gasteiger partial charge in [0, 0.05) is 32.0 Å². The van der Waals surface area contributed by atoms with Crippen molar-refractivity contribution in [2.45, 2.75) is 32.7 Å². The van der Waals surface area contributed by atoms with Gasteiger partial charge in [0.25, 0.3) is 5.95 Å². The van der Waals surface area contributed by atoms with E-state index in [9.17, 15) is 0 Å². The number of nitrogens with zero attached hydrogens (tertiary/aromatic N) is 6. The van der Waals surface area contributed by atoms with Crippen molar-refractivity contribution < 1.29 is 0 Å². The summed E-state index contributed by atoms with van der Waals surface area (Å²) >= 11 is 0. The minimum absolute atomic E-state index is 0.443. The molecule has 112 valence electrons. The largest absolute Gasteiger partial charge is 0.357 e. The molecule has 0 saturated carbocycles. The van der Waals surface area contributed by atoms with Crippen LogP contribution < -0.4 is 10.2 Å². The van der Waals surface area contributed by atoms with Gasteiger partial charge < -0.3 is 10.2 Å². The highest BCUT2D eigenvalue weighted by Crippen LogP contribution is 2.25. The third-order valence-electron chi connectivity index (χ3n) is 3.92. The zero-order valence-corrected chi connectivity index (χ0v) is 12.7. The number of piperidine rings is 1. The van der Waals surface area contributed by atoms with E-state index < -0.39 is 0 Å². The zero-order valence-electron chi connectivity index (χ0n) is 12.7. The van der Waals surface area contributed by atoms with E-state index in [-0.39, 0.29) is 0 Å². The predicted molar refractivity (Wildman–Crippen MR) is 81.7 cm³/mol. The Bertz CT molecular complexity index is 595. The molecule has 1 saturated heterocycles. The molecule has 2 aromatic rings. The molecule has 2 aromatic heterocycles. The molecule has 0 spiro atoms. The molecule has 1 aliphatic heterocycles. The van der Waals surface area contributed by atoms with Crippen molar-refractivity contribution in [3.63, 3.8) is 0 Å². The fourth-order valence-corrected chi connectivity index (χ4v) is 2.65. The van der Waals surface area contributed by atoms with Gasteiger partial charge in [0.2, 0.25) is 11.9 Å². The maximum Gasteiger partial charge on any atom is 0.257 e. The minimum atomic E-state index is 0.443. The fraction of sp³-hybridized carbons (Fsp3) is 0.571. The van der Waals surface area contributed by atoms with Crippen molar-refractivity contribution in [2.75, 3.05) is 23.8 Å². The number of hydrogen-bond donors (Lipinski definition) is 1. The first-order valence-corrected chi connectivity index (χ1v) is 7.38. The van der Waals surface area contributed by atoms with Crippen LogP contribution in [0.15, 0.2) is 18.5 Å². The van der Waals surface area contributed by atoms with E-state index in [1.54, 1.807) is 10.9 Å². The summed E-state index contributed by atoms with van der Waals surface area (Å²) in [6, 6.07) is 2.30. The molecule has 2 unspecified atom stereocenters. The van der Waals surface area contributed by atoms with Crippen LogP contribution in [0.5, 0.6) is 0 Å². The van der Waals surface area contributed by atoms with Crippen molar-refractivity contribution in [2.24, 2.45) is 5.92 Å². The fourth-order valence-electron chi connectivity index (χ4n) is 2.65. The van der Waals surface area contributed by atoms with E-state index in [1.807, 2.05) is 19.3 Å². The van der Waals surface area contributed by atoms with E-state index in [4.69, 9.17) is 0 Å². The lowest BCUT2D eigenvalue weighted by Gasteiger charge is -2.36. The Kier molecular flexibility index (Phi) is 3.72. The second-order valence-corrected chi connectivity index (χ2v) is 5.64. The summed E-state index contributed by atoms with van der Waals surface area (Å²) in [5.41, 5.74) is 0. The Morgan fingerprint density at radius 2 is 1.95 bits per heavy atom. The van der Waals surface area contributed by atoms with Gasteiger partial charge in [-0.1, -0.05) is 6.92 Å². The molecule has 0 aromatic carbocycles. The van der Waals surface area contributed by atoms with Gasteiger partial charge in [-0.3, -0.25) is 0 Å². The average molecular weight is 287 g/mol. The van der Waals surface area contributed by atoms with Crippen LogP contribution in [0.2, 0.25) is 0 Å². The summed E-state index contributed by atoms with van der Waals surface area (Å²) in [6.45, 7) is 5.47. The van der Waals surface area contributed by atoms with Crippen LogP contribution in [0.3, 0.4) is 0 Å². The summed E-state index contributed by atoms with van der Waals surface area (Å²) in [5, 5.41) is 7.20. The molecular formula is C14H21N7. The number of nitrogens with one attached hydrogen (secondary N) is 1. The molecule has 7 heteroatoms. The van der Waals surface area contributed by atoms with Gasteiger partial charge in [0.15, 0.2) is 0 Å². The third kappa shape index (κ3) is 2.81. The highest BCUT2D eigenvalue weighted by molar-refractivity contribution is 5.41. The van der Waals surface area contributed by atoms with Crippen LogP contribution in [-0.2, 0) is 0 Å². The standard InChI is InChI=1S/C14H21N7/c1-10-5-6-11(2)20(9-10)13-17-12(15-3)18-14(19-13)21-8-4-7-16-21/h4,7-8,10-11H,5-6,9H2,1-3H3,(H,15,17,18,19). The highest BCUT2D eigenvalue weighted by Gasteiger charge is 2.26. The van der Waals surface area contributed by atoms with Crippen LogP contribution in [0, 0.1) is 5.92 Å². The van der Waals surface area contributed by atoms with Crippen molar-refractivity contribution in [3.05, 3.63) is 18.5 Å². The van der Waals surface area contributed by atoms with Gasteiger partial charge >= 0.3 is 0 Å². The average Bonchev–Trinajstić information content (AvgIpc) is 3.03. The van der Waals surface area contributed by atoms with E-state index >= 15 is 0 Å². The van der Waals surface area contributed by atoms with Crippen LogP contribution in [0.4, 0.5) is 11.9 Å². The number of anilines is 2. The van der Waals surface area contributed by atoms with Crippen LogP contribution in [0.1, 0.15) is 26.7 Å². The van der Waals surface area contributed by atoms with Crippen molar-refractivity contribution in [3.8, 4) is 5.95 Å². The Labute approximate surface area is 124 Å². The molecule has 1 aliphatic rings. The maximum atomic E-state index is 4.60. The molecule has 7 nitrogen and oxygen atoms in total. The lowest BCUT2D eigenvalue weighted by Crippen LogP contribution is -2.42. The molecule has 0 aliphatic carbocycles. The lowest BCUT2D eigenvalue weighted by molar-refractivity contribution is 0.385. The van der Waals surface area contributed by atoms with Gasteiger partial charge in [-0.25, -0.2) is 4.68 Å². The van der Waals surface area contributed by atoms with Crippen molar-refractivity contribution >= 4 is 11.9 Å². The van der Waals surface area contributed by atoms with E-state index in [1.165, 1.54) is 12.8 Å². The monoisotopic (exact) mass is 287 g/mol. The molecule has 21 heavy (non-hydrogen) atoms. The predicted octanol–water partition coefficient (Wildman–Crippen LogP) is 1.72. The third-order valence-corrected chi connectivity index (χ3v) is 3.92. The molecule has 3 rings (SSSR count). The first-order chi connectivity index (χ1) is 10.2. The molecule has 1 fully saturated rings. The van der Waals surface area contributed by atoms with Gasteiger partial charge in [-0.15, -0.1) is 0 Å². The number of rotatable bonds is 3. The van der Waals surface area contributed by atoms with Gasteiger partial charge in [-0.2, -0.15) is 20.1 Å². The molecule has 1 N–H and O–H groups in total. The maximum absolute atomic E-state index is 4.60. The topological polar surface area (TPSA) is 71.8 Å². The van der Waals surface area contributed by atoms with Gasteiger partial charge in [-0.05, 0) is 31.7 Å². The quantitative estimate of drug-likeness (QED) is 0.927. The molecule has 2 atom stereocenters. The highest BCUT2D eigenvalue weighted by atomic mass is 15.4. The first-order valence-electron chi connectivity index (χ1n) is 7.38. The zero-order chi connectivity index (χ0) is 14.8. The molecule has 0 bridgehead atoms. The molecule has 3 heterocycles. The molecule has 0 radical (unpaired) electrons. The Hall–Kier alpha value is -2.18. The summed E-state index contributed by atoms with van der Waals surface area (Å²) in [4.78, 5) is 15.8. The van der Waals surface area contributed by atoms with E-state index in [0.717, 1.165) is 12.5 Å². The van der Waals surface area contributed by atoms with Gasteiger partial charge in [0.05, 0.1) is 0 Å². The summed E-state index contributed by atoms with van der Waals surface area (Å²) in [7, 11) is 1.81. The number of aromatic nitrogens is 5. The SMILES string of the molecule is CNc1nc(N2CC(C)CCC2C)nc(-n2cccn2)n1. The second-order valence-electron chi connectivity index (χ2n) is 5.64. The molecule has 0 amide bonds. The van der Waals surface area contributed by atoms with Crippen molar-refractivity contribution in [1.82, 2.24) is 24.7 Å². The normalized spacial score (nSPS) is 22.3. The second kappa shape index (κ2) is 5.67. The summed E-state index contributed by atoms with van der Waals surface area (Å²) in [6.07, 6.45) is 5.97. The lowest BCUT2D eigenvalue weighted by atomic mass is 9.95. The van der Waals surface area contributed by atoms with Crippen molar-refractivity contribution in [1.29, 1.82) is 0 Å². The van der Waals surface area contributed by atoms with Crippen LogP contribution in [-0.4, -0.2) is 44.4 Å². The number of hydrogen-bond acceptors (Lipinski definition) is 6. The summed E-state index contributed by atoms with van der Waals surface area (Å²) in [5.74, 6) is 2.48. The van der Waals surface area contributed by atoms with Gasteiger partial charge in [0.1, 0.15) is 0 Å². The Morgan fingerprint density at radius 3 is 2.67 bits per heavy atom. The van der Waals surface area contributed by atoms with E-state index in [2.05, 4.69) is 44.1 Å². The summed E-state index contributed by atoms with van der Waals surface area (Å²) < 4.78 is 1.66. The molecular weight excluding hydrogens is 266 g/mol. The van der Waals surface area contributed by atoms with Crippen LogP contribution in [0.25, 0.3) is 5.95 Å². The first kappa shape index (κ1) is 13.8. The smallest absolute Gasteiger partial charge is 0.257 e. The van der Waals surface area contributed by atoms with Crippen LogP contribution >= 0.6 is 0 Å². The Balaban J connectivity index is 1.99. The van der Waals surface area contributed by atoms with E-state index in [0.29, 0.717) is 23.9 Å².